The fraction of sp³-hybridized carbons (Fsp3) is 0.571. The van der Waals surface area contributed by atoms with E-state index in [-0.39, 0.29) is 11.4 Å². The maximum Gasteiger partial charge on any atom is 0.268 e. The number of amides is 1. The third kappa shape index (κ3) is 2.37. The summed E-state index contributed by atoms with van der Waals surface area (Å²) in [7, 11) is 1.67. The number of nitrogens with one attached hydrogen (secondary N) is 2. The quantitative estimate of drug-likeness (QED) is 0.882. The number of benzene rings is 1. The molecule has 4 heteroatoms. The minimum Gasteiger partial charge on any atom is -0.497 e. The fourth-order valence-electron chi connectivity index (χ4n) is 6.23. The second kappa shape index (κ2) is 5.26. The van der Waals surface area contributed by atoms with Crippen LogP contribution in [0.25, 0.3) is 10.9 Å². The Bertz CT molecular complexity index is 816. The van der Waals surface area contributed by atoms with Crippen LogP contribution in [0.4, 0.5) is 0 Å². The molecule has 0 aliphatic heterocycles. The van der Waals surface area contributed by atoms with E-state index in [1.807, 2.05) is 25.1 Å². The zero-order valence-electron chi connectivity index (χ0n) is 15.0. The van der Waals surface area contributed by atoms with Gasteiger partial charge in [-0.1, -0.05) is 0 Å². The average Bonchev–Trinajstić information content (AvgIpc) is 2.89. The molecule has 0 saturated heterocycles. The van der Waals surface area contributed by atoms with Crippen molar-refractivity contribution in [3.63, 3.8) is 0 Å². The lowest BCUT2D eigenvalue weighted by Gasteiger charge is -2.56. The van der Waals surface area contributed by atoms with E-state index in [9.17, 15) is 4.79 Å². The molecule has 6 rings (SSSR count). The second-order valence-corrected chi connectivity index (χ2v) is 8.69. The van der Waals surface area contributed by atoms with E-state index in [2.05, 4.69) is 10.3 Å². The van der Waals surface area contributed by atoms with Gasteiger partial charge in [0.15, 0.2) is 0 Å². The van der Waals surface area contributed by atoms with Crippen LogP contribution >= 0.6 is 0 Å². The number of ether oxygens (including phenoxy) is 1. The number of H-pyrrole nitrogens is 1. The van der Waals surface area contributed by atoms with Gasteiger partial charge in [0.2, 0.25) is 0 Å². The molecule has 2 N–H and O–H groups in total. The highest BCUT2D eigenvalue weighted by Crippen LogP contribution is 2.55. The molecule has 4 fully saturated rings. The summed E-state index contributed by atoms with van der Waals surface area (Å²) in [5.74, 6) is 3.39. The number of hydrogen-bond donors (Lipinski definition) is 2. The predicted molar refractivity (Wildman–Crippen MR) is 98.0 cm³/mol. The topological polar surface area (TPSA) is 54.1 Å². The lowest BCUT2D eigenvalue weighted by Crippen LogP contribution is -2.59. The number of aromatic amines is 1. The van der Waals surface area contributed by atoms with Crippen LogP contribution in [0.3, 0.4) is 0 Å². The molecule has 1 amide bonds. The maximum absolute atomic E-state index is 13.1. The highest BCUT2D eigenvalue weighted by atomic mass is 16.5. The Balaban J connectivity index is 1.45. The van der Waals surface area contributed by atoms with Gasteiger partial charge >= 0.3 is 0 Å². The molecule has 2 aromatic rings. The van der Waals surface area contributed by atoms with Crippen LogP contribution in [0.2, 0.25) is 0 Å². The SMILES string of the molecule is COc1ccc2[nH]c(C(=O)NC34CC5CC(CC(C5)C3)C4)c(C)c2c1. The van der Waals surface area contributed by atoms with Gasteiger partial charge < -0.3 is 15.0 Å². The second-order valence-electron chi connectivity index (χ2n) is 8.69. The Morgan fingerprint density at radius 2 is 1.80 bits per heavy atom. The van der Waals surface area contributed by atoms with E-state index >= 15 is 0 Å². The van der Waals surface area contributed by atoms with Crippen LogP contribution in [0, 0.1) is 24.7 Å². The molecule has 4 bridgehead atoms. The van der Waals surface area contributed by atoms with E-state index in [0.29, 0.717) is 5.69 Å². The van der Waals surface area contributed by atoms with Gasteiger partial charge in [-0.05, 0) is 87.0 Å². The van der Waals surface area contributed by atoms with Gasteiger partial charge in [-0.2, -0.15) is 0 Å². The fourth-order valence-corrected chi connectivity index (χ4v) is 6.23. The Hall–Kier alpha value is -1.97. The van der Waals surface area contributed by atoms with Crippen LogP contribution in [0.15, 0.2) is 18.2 Å². The third-order valence-corrected chi connectivity index (χ3v) is 6.91. The monoisotopic (exact) mass is 338 g/mol. The molecular formula is C21H26N2O2. The summed E-state index contributed by atoms with van der Waals surface area (Å²) in [4.78, 5) is 16.4. The minimum atomic E-state index is 0.0489. The summed E-state index contributed by atoms with van der Waals surface area (Å²) in [5, 5.41) is 4.53. The van der Waals surface area contributed by atoms with E-state index in [1.54, 1.807) is 7.11 Å². The van der Waals surface area contributed by atoms with Gasteiger partial charge in [0.25, 0.3) is 5.91 Å². The maximum atomic E-state index is 13.1. The zero-order valence-corrected chi connectivity index (χ0v) is 15.0. The number of carbonyl (C=O) groups excluding carboxylic acids is 1. The first-order chi connectivity index (χ1) is 12.0. The Morgan fingerprint density at radius 3 is 2.40 bits per heavy atom. The summed E-state index contributed by atoms with van der Waals surface area (Å²) in [6.07, 6.45) is 7.70. The largest absolute Gasteiger partial charge is 0.497 e. The van der Waals surface area contributed by atoms with Crippen molar-refractivity contribution in [2.45, 2.75) is 51.0 Å². The first-order valence-corrected chi connectivity index (χ1v) is 9.54. The van der Waals surface area contributed by atoms with Crippen LogP contribution < -0.4 is 10.1 Å². The van der Waals surface area contributed by atoms with Crippen LogP contribution in [-0.4, -0.2) is 23.5 Å². The van der Waals surface area contributed by atoms with Crippen molar-refractivity contribution in [2.75, 3.05) is 7.11 Å². The number of rotatable bonds is 3. The van der Waals surface area contributed by atoms with Crippen molar-refractivity contribution in [3.8, 4) is 5.75 Å². The Kier molecular flexibility index (Phi) is 3.22. The molecule has 0 spiro atoms. The standard InChI is InChI=1S/C21H26N2O2/c1-12-17-8-16(25-2)3-4-18(17)22-19(12)20(24)23-21-9-13-5-14(10-21)7-15(6-13)11-21/h3-4,8,13-15,22H,5-7,9-11H2,1-2H3,(H,23,24). The lowest BCUT2D eigenvalue weighted by atomic mass is 9.53. The molecule has 4 saturated carbocycles. The summed E-state index contributed by atoms with van der Waals surface area (Å²) in [6, 6.07) is 5.92. The molecule has 1 aromatic heterocycles. The molecule has 0 radical (unpaired) electrons. The number of aryl methyl sites for hydroxylation is 1. The zero-order chi connectivity index (χ0) is 17.2. The summed E-state index contributed by atoms with van der Waals surface area (Å²) >= 11 is 0. The summed E-state index contributed by atoms with van der Waals surface area (Å²) in [6.45, 7) is 2.02. The molecule has 132 valence electrons. The van der Waals surface area contributed by atoms with Gasteiger partial charge in [-0.3, -0.25) is 4.79 Å². The van der Waals surface area contributed by atoms with Crippen LogP contribution in [-0.2, 0) is 0 Å². The normalized spacial score (nSPS) is 33.0. The van der Waals surface area contributed by atoms with Crippen molar-refractivity contribution in [3.05, 3.63) is 29.5 Å². The molecule has 0 atom stereocenters. The Labute approximate surface area is 148 Å². The molecule has 1 heterocycles. The smallest absolute Gasteiger partial charge is 0.268 e. The molecule has 4 nitrogen and oxygen atoms in total. The average molecular weight is 338 g/mol. The number of aromatic nitrogens is 1. The van der Waals surface area contributed by atoms with Crippen molar-refractivity contribution >= 4 is 16.8 Å². The van der Waals surface area contributed by atoms with Gasteiger partial charge in [0.05, 0.1) is 7.11 Å². The number of hydrogen-bond acceptors (Lipinski definition) is 2. The van der Waals surface area contributed by atoms with Crippen LogP contribution in [0.1, 0.15) is 54.6 Å². The molecule has 4 aliphatic rings. The van der Waals surface area contributed by atoms with Crippen molar-refractivity contribution in [2.24, 2.45) is 17.8 Å². The summed E-state index contributed by atoms with van der Waals surface area (Å²) in [5.41, 5.74) is 2.76. The predicted octanol–water partition coefficient (Wildman–Crippen LogP) is 4.18. The minimum absolute atomic E-state index is 0.0489. The molecule has 4 aliphatic carbocycles. The van der Waals surface area contributed by atoms with Crippen LogP contribution in [0.5, 0.6) is 5.75 Å². The highest BCUT2D eigenvalue weighted by Gasteiger charge is 2.51. The molecule has 1 aromatic carbocycles. The van der Waals surface area contributed by atoms with E-state index < -0.39 is 0 Å². The van der Waals surface area contributed by atoms with E-state index in [0.717, 1.165) is 40.0 Å². The lowest BCUT2D eigenvalue weighted by molar-refractivity contribution is -0.0167. The van der Waals surface area contributed by atoms with Crippen molar-refractivity contribution < 1.29 is 9.53 Å². The van der Waals surface area contributed by atoms with E-state index in [4.69, 9.17) is 4.74 Å². The molecular weight excluding hydrogens is 312 g/mol. The van der Waals surface area contributed by atoms with E-state index in [1.165, 1.54) is 38.5 Å². The van der Waals surface area contributed by atoms with Crippen molar-refractivity contribution in [1.29, 1.82) is 0 Å². The first-order valence-electron chi connectivity index (χ1n) is 9.54. The third-order valence-electron chi connectivity index (χ3n) is 6.91. The summed E-state index contributed by atoms with van der Waals surface area (Å²) < 4.78 is 5.32. The number of methoxy groups -OCH3 is 1. The number of carbonyl (C=O) groups is 1. The van der Waals surface area contributed by atoms with Gasteiger partial charge in [-0.25, -0.2) is 0 Å². The highest BCUT2D eigenvalue weighted by molar-refractivity contribution is 6.01. The molecule has 25 heavy (non-hydrogen) atoms. The number of fused-ring (bicyclic) bond motifs is 1. The van der Waals surface area contributed by atoms with Gasteiger partial charge in [-0.15, -0.1) is 0 Å². The first kappa shape index (κ1) is 15.3. The Morgan fingerprint density at radius 1 is 1.16 bits per heavy atom. The molecule has 0 unspecified atom stereocenters. The van der Waals surface area contributed by atoms with Gasteiger partial charge in [0, 0.05) is 16.4 Å². The van der Waals surface area contributed by atoms with Crippen molar-refractivity contribution in [1.82, 2.24) is 10.3 Å². The van der Waals surface area contributed by atoms with Gasteiger partial charge in [0.1, 0.15) is 11.4 Å².